The van der Waals surface area contributed by atoms with Gasteiger partial charge in [0.1, 0.15) is 0 Å². The van der Waals surface area contributed by atoms with Gasteiger partial charge in [-0.2, -0.15) is 0 Å². The van der Waals surface area contributed by atoms with Crippen LogP contribution < -0.4 is 5.73 Å². The van der Waals surface area contributed by atoms with Crippen LogP contribution in [0, 0.1) is 0 Å². The molecule has 1 aromatic rings. The number of carboxylic acid groups (broad SMARTS) is 2. The van der Waals surface area contributed by atoms with Crippen molar-refractivity contribution in [2.75, 3.05) is 5.73 Å². The minimum atomic E-state index is -1.22. The smallest absolute Gasteiger partial charge is 0.337 e. The van der Waals surface area contributed by atoms with Crippen LogP contribution in [0.15, 0.2) is 12.1 Å². The molecule has 0 amide bonds. The predicted molar refractivity (Wildman–Crippen MR) is 54.2 cm³/mol. The summed E-state index contributed by atoms with van der Waals surface area (Å²) in [6, 6.07) is 2.79. The van der Waals surface area contributed by atoms with Crippen molar-refractivity contribution in [1.82, 2.24) is 0 Å². The van der Waals surface area contributed by atoms with E-state index in [1.165, 1.54) is 12.1 Å². The zero-order valence-electron chi connectivity index (χ0n) is 8.15. The van der Waals surface area contributed by atoms with Crippen molar-refractivity contribution >= 4 is 17.6 Å². The van der Waals surface area contributed by atoms with Crippen LogP contribution in [0.4, 0.5) is 5.69 Å². The molecule has 0 aromatic heterocycles. The second-order valence-corrected chi connectivity index (χ2v) is 3.07. The first-order chi connectivity index (χ1) is 6.97. The Morgan fingerprint density at radius 1 is 1.20 bits per heavy atom. The second-order valence-electron chi connectivity index (χ2n) is 3.07. The Labute approximate surface area is 86.1 Å². The molecule has 0 spiro atoms. The molecule has 4 N–H and O–H groups in total. The second kappa shape index (κ2) is 4.00. The van der Waals surface area contributed by atoms with Crippen molar-refractivity contribution in [2.45, 2.75) is 13.3 Å². The van der Waals surface area contributed by atoms with Crippen molar-refractivity contribution in [2.24, 2.45) is 0 Å². The van der Waals surface area contributed by atoms with E-state index in [1.807, 2.05) is 6.92 Å². The normalized spacial score (nSPS) is 9.93. The zero-order valence-corrected chi connectivity index (χ0v) is 8.15. The number of nitrogens with two attached hydrogens (primary N) is 1. The van der Waals surface area contributed by atoms with Crippen LogP contribution in [0.5, 0.6) is 0 Å². The molecule has 80 valence electrons. The van der Waals surface area contributed by atoms with E-state index >= 15 is 0 Å². The van der Waals surface area contributed by atoms with E-state index in [0.717, 1.165) is 0 Å². The van der Waals surface area contributed by atoms with Gasteiger partial charge in [-0.05, 0) is 24.1 Å². The van der Waals surface area contributed by atoms with Gasteiger partial charge < -0.3 is 15.9 Å². The van der Waals surface area contributed by atoms with Gasteiger partial charge in [0, 0.05) is 0 Å². The van der Waals surface area contributed by atoms with E-state index in [0.29, 0.717) is 12.0 Å². The first kappa shape index (κ1) is 11.0. The van der Waals surface area contributed by atoms with E-state index in [1.54, 1.807) is 0 Å². The Hall–Kier alpha value is -2.04. The monoisotopic (exact) mass is 209 g/mol. The maximum absolute atomic E-state index is 10.8. The van der Waals surface area contributed by atoms with Crippen LogP contribution in [0.25, 0.3) is 0 Å². The summed E-state index contributed by atoms with van der Waals surface area (Å²) >= 11 is 0. The molecule has 0 aliphatic carbocycles. The Morgan fingerprint density at radius 3 is 1.87 bits per heavy atom. The Bertz CT molecular complexity index is 390. The van der Waals surface area contributed by atoms with Crippen molar-refractivity contribution in [3.05, 3.63) is 28.8 Å². The van der Waals surface area contributed by atoms with Crippen LogP contribution in [-0.4, -0.2) is 22.2 Å². The zero-order chi connectivity index (χ0) is 11.6. The Morgan fingerprint density at radius 2 is 1.60 bits per heavy atom. The number of carboxylic acids is 2. The number of benzene rings is 1. The van der Waals surface area contributed by atoms with Crippen molar-refractivity contribution in [3.63, 3.8) is 0 Å². The van der Waals surface area contributed by atoms with Gasteiger partial charge in [-0.25, -0.2) is 9.59 Å². The van der Waals surface area contributed by atoms with E-state index < -0.39 is 11.9 Å². The number of aromatic carboxylic acids is 2. The molecular weight excluding hydrogens is 198 g/mol. The topological polar surface area (TPSA) is 101 Å². The van der Waals surface area contributed by atoms with Crippen molar-refractivity contribution in [3.8, 4) is 0 Å². The summed E-state index contributed by atoms with van der Waals surface area (Å²) in [6.45, 7) is 1.81. The fourth-order valence-electron chi connectivity index (χ4n) is 1.27. The summed E-state index contributed by atoms with van der Waals surface area (Å²) < 4.78 is 0. The highest BCUT2D eigenvalue weighted by Gasteiger charge is 2.17. The first-order valence-electron chi connectivity index (χ1n) is 4.36. The standard InChI is InChI=1S/C10H11NO4/c1-2-5-3-6(9(12)13)8(11)7(4-5)10(14)15/h3-4H,2,11H2,1H3,(H,12,13)(H,14,15). The van der Waals surface area contributed by atoms with Crippen LogP contribution >= 0.6 is 0 Å². The maximum atomic E-state index is 10.8. The number of anilines is 1. The van der Waals surface area contributed by atoms with Crippen LogP contribution in [0.3, 0.4) is 0 Å². The summed E-state index contributed by atoms with van der Waals surface area (Å²) in [6.07, 6.45) is 0.556. The lowest BCUT2D eigenvalue weighted by Gasteiger charge is -2.07. The Kier molecular flexibility index (Phi) is 2.94. The summed E-state index contributed by atoms with van der Waals surface area (Å²) in [4.78, 5) is 21.6. The average molecular weight is 209 g/mol. The molecule has 5 nitrogen and oxygen atoms in total. The molecule has 15 heavy (non-hydrogen) atoms. The maximum Gasteiger partial charge on any atom is 0.337 e. The van der Waals surface area contributed by atoms with E-state index in [9.17, 15) is 9.59 Å². The minimum absolute atomic E-state index is 0.160. The largest absolute Gasteiger partial charge is 0.478 e. The van der Waals surface area contributed by atoms with E-state index in [2.05, 4.69) is 0 Å². The molecule has 0 unspecified atom stereocenters. The van der Waals surface area contributed by atoms with Crippen LogP contribution in [0.2, 0.25) is 0 Å². The van der Waals surface area contributed by atoms with Gasteiger partial charge in [-0.15, -0.1) is 0 Å². The number of hydrogen-bond acceptors (Lipinski definition) is 3. The SMILES string of the molecule is CCc1cc(C(=O)O)c(N)c(C(=O)O)c1. The fraction of sp³-hybridized carbons (Fsp3) is 0.200. The third kappa shape index (κ3) is 2.07. The van der Waals surface area contributed by atoms with E-state index in [-0.39, 0.29) is 16.8 Å². The average Bonchev–Trinajstić information content (AvgIpc) is 2.17. The third-order valence-corrected chi connectivity index (χ3v) is 2.11. The lowest BCUT2D eigenvalue weighted by molar-refractivity contribution is 0.0696. The molecule has 0 radical (unpaired) electrons. The molecule has 0 saturated heterocycles. The fourth-order valence-corrected chi connectivity index (χ4v) is 1.27. The quantitative estimate of drug-likeness (QED) is 0.650. The molecule has 0 atom stereocenters. The van der Waals surface area contributed by atoms with Gasteiger partial charge in [-0.1, -0.05) is 6.92 Å². The van der Waals surface area contributed by atoms with Gasteiger partial charge >= 0.3 is 11.9 Å². The molecule has 0 bridgehead atoms. The predicted octanol–water partition coefficient (Wildman–Crippen LogP) is 1.23. The summed E-state index contributed by atoms with van der Waals surface area (Å²) in [5.74, 6) is -2.43. The molecule has 1 rings (SSSR count). The van der Waals surface area contributed by atoms with Gasteiger partial charge in [0.15, 0.2) is 0 Å². The lowest BCUT2D eigenvalue weighted by atomic mass is 10.0. The number of hydrogen-bond donors (Lipinski definition) is 3. The van der Waals surface area contributed by atoms with E-state index in [4.69, 9.17) is 15.9 Å². The Balaban J connectivity index is 3.47. The molecule has 0 aliphatic rings. The lowest BCUT2D eigenvalue weighted by Crippen LogP contribution is -2.10. The van der Waals surface area contributed by atoms with Gasteiger partial charge in [0.05, 0.1) is 16.8 Å². The number of carbonyl (C=O) groups is 2. The van der Waals surface area contributed by atoms with Crippen molar-refractivity contribution < 1.29 is 19.8 Å². The number of aryl methyl sites for hydroxylation is 1. The van der Waals surface area contributed by atoms with Crippen LogP contribution in [0.1, 0.15) is 33.2 Å². The van der Waals surface area contributed by atoms with Crippen molar-refractivity contribution in [1.29, 1.82) is 0 Å². The third-order valence-electron chi connectivity index (χ3n) is 2.11. The molecule has 0 aliphatic heterocycles. The summed E-state index contributed by atoms with van der Waals surface area (Å²) in [7, 11) is 0. The highest BCUT2D eigenvalue weighted by molar-refractivity contribution is 6.02. The molecular formula is C10H11NO4. The highest BCUT2D eigenvalue weighted by atomic mass is 16.4. The van der Waals surface area contributed by atoms with Gasteiger partial charge in [0.25, 0.3) is 0 Å². The molecule has 0 heterocycles. The molecule has 5 heteroatoms. The van der Waals surface area contributed by atoms with Gasteiger partial charge in [0.2, 0.25) is 0 Å². The number of rotatable bonds is 3. The summed E-state index contributed by atoms with van der Waals surface area (Å²) in [5.41, 5.74) is 5.56. The minimum Gasteiger partial charge on any atom is -0.478 e. The highest BCUT2D eigenvalue weighted by Crippen LogP contribution is 2.21. The molecule has 0 fully saturated rings. The molecule has 0 saturated carbocycles. The first-order valence-corrected chi connectivity index (χ1v) is 4.36. The van der Waals surface area contributed by atoms with Gasteiger partial charge in [-0.3, -0.25) is 0 Å². The molecule has 1 aromatic carbocycles. The van der Waals surface area contributed by atoms with Crippen LogP contribution in [-0.2, 0) is 6.42 Å². The summed E-state index contributed by atoms with van der Waals surface area (Å²) in [5, 5.41) is 17.6. The number of nitrogen functional groups attached to an aromatic ring is 1.